The standard InChI is InChI=1S/C25H25F3N6O2/c1-15(2)22(24(35)33-14-25(26,27)28)34-18-6-17(9-30-10-18)21-12-32-23-20(21)7-19(11-31-23)36-13-16-4-3-5-29-8-16/h3-12,15,22,34H,13-14H2,1-2H3,(H,31,32)(H,33,35). The fourth-order valence-electron chi connectivity index (χ4n) is 3.63. The molecule has 0 aliphatic heterocycles. The van der Waals surface area contributed by atoms with Crippen molar-refractivity contribution in [3.8, 4) is 16.9 Å². The Balaban J connectivity index is 1.53. The number of carbonyl (C=O) groups excluding carboxylic acids is 1. The molecule has 0 aliphatic carbocycles. The molecule has 4 aromatic rings. The van der Waals surface area contributed by atoms with Crippen LogP contribution in [0.5, 0.6) is 5.75 Å². The van der Waals surface area contributed by atoms with E-state index < -0.39 is 24.7 Å². The van der Waals surface area contributed by atoms with Crippen molar-refractivity contribution in [2.75, 3.05) is 11.9 Å². The zero-order valence-corrected chi connectivity index (χ0v) is 19.6. The van der Waals surface area contributed by atoms with Gasteiger partial charge in [0.05, 0.1) is 11.9 Å². The second-order valence-electron chi connectivity index (χ2n) is 8.58. The second kappa shape index (κ2) is 10.6. The first kappa shape index (κ1) is 25.0. The second-order valence-corrected chi connectivity index (χ2v) is 8.58. The van der Waals surface area contributed by atoms with Crippen molar-refractivity contribution in [3.05, 3.63) is 67.0 Å². The number of halogens is 3. The van der Waals surface area contributed by atoms with E-state index >= 15 is 0 Å². The highest BCUT2D eigenvalue weighted by molar-refractivity contribution is 5.94. The summed E-state index contributed by atoms with van der Waals surface area (Å²) >= 11 is 0. The fraction of sp³-hybridized carbons (Fsp3) is 0.280. The van der Waals surface area contributed by atoms with Gasteiger partial charge in [0.25, 0.3) is 0 Å². The van der Waals surface area contributed by atoms with Gasteiger partial charge in [0.15, 0.2) is 0 Å². The van der Waals surface area contributed by atoms with E-state index in [2.05, 4.69) is 25.3 Å². The molecule has 0 bridgehead atoms. The Morgan fingerprint density at radius 2 is 1.97 bits per heavy atom. The molecule has 11 heteroatoms. The summed E-state index contributed by atoms with van der Waals surface area (Å²) in [6.45, 7) is 2.46. The van der Waals surface area contributed by atoms with Crippen LogP contribution >= 0.6 is 0 Å². The average Bonchev–Trinajstić information content (AvgIpc) is 3.28. The number of carbonyl (C=O) groups is 1. The van der Waals surface area contributed by atoms with E-state index in [-0.39, 0.29) is 5.92 Å². The van der Waals surface area contributed by atoms with Gasteiger partial charge in [-0.2, -0.15) is 13.2 Å². The molecule has 4 rings (SSSR count). The highest BCUT2D eigenvalue weighted by atomic mass is 19.4. The van der Waals surface area contributed by atoms with Crippen molar-refractivity contribution in [1.29, 1.82) is 0 Å². The Labute approximate surface area is 205 Å². The first-order valence-corrected chi connectivity index (χ1v) is 11.2. The number of H-pyrrole nitrogens is 1. The van der Waals surface area contributed by atoms with Crippen LogP contribution in [0.1, 0.15) is 19.4 Å². The van der Waals surface area contributed by atoms with E-state index in [1.165, 1.54) is 6.20 Å². The minimum atomic E-state index is -4.48. The third kappa shape index (κ3) is 6.29. The summed E-state index contributed by atoms with van der Waals surface area (Å²) in [5.74, 6) is -0.422. The van der Waals surface area contributed by atoms with Crippen LogP contribution in [0.15, 0.2) is 61.4 Å². The number of alkyl halides is 3. The van der Waals surface area contributed by atoms with E-state index in [9.17, 15) is 18.0 Å². The van der Waals surface area contributed by atoms with Gasteiger partial charge in [-0.3, -0.25) is 14.8 Å². The Bertz CT molecular complexity index is 1320. The Hall–Kier alpha value is -4.15. The third-order valence-electron chi connectivity index (χ3n) is 5.42. The molecule has 0 spiro atoms. The molecule has 0 aliphatic rings. The van der Waals surface area contributed by atoms with Crippen LogP contribution < -0.4 is 15.4 Å². The minimum absolute atomic E-state index is 0.265. The predicted molar refractivity (Wildman–Crippen MR) is 129 cm³/mol. The van der Waals surface area contributed by atoms with E-state index in [0.29, 0.717) is 23.7 Å². The molecule has 8 nitrogen and oxygen atoms in total. The van der Waals surface area contributed by atoms with Gasteiger partial charge in [-0.25, -0.2) is 4.98 Å². The molecule has 0 saturated heterocycles. The van der Waals surface area contributed by atoms with Crippen molar-refractivity contribution in [2.45, 2.75) is 32.7 Å². The van der Waals surface area contributed by atoms with Crippen LogP contribution in [0.4, 0.5) is 18.9 Å². The molecule has 0 radical (unpaired) electrons. The quantitative estimate of drug-likeness (QED) is 0.309. The monoisotopic (exact) mass is 498 g/mol. The largest absolute Gasteiger partial charge is 0.487 e. The molecule has 0 saturated carbocycles. The number of hydrogen-bond acceptors (Lipinski definition) is 6. The lowest BCUT2D eigenvalue weighted by Crippen LogP contribution is -2.46. The van der Waals surface area contributed by atoms with Crippen molar-refractivity contribution in [1.82, 2.24) is 25.3 Å². The maximum Gasteiger partial charge on any atom is 0.405 e. The van der Waals surface area contributed by atoms with E-state index in [4.69, 9.17) is 4.74 Å². The predicted octanol–water partition coefficient (Wildman–Crippen LogP) is 4.71. The van der Waals surface area contributed by atoms with Crippen LogP contribution in [0.2, 0.25) is 0 Å². The maximum atomic E-state index is 12.5. The Morgan fingerprint density at radius 3 is 2.69 bits per heavy atom. The van der Waals surface area contributed by atoms with Gasteiger partial charge in [0, 0.05) is 53.1 Å². The summed E-state index contributed by atoms with van der Waals surface area (Å²) in [6.07, 6.45) is 5.53. The number of aromatic amines is 1. The van der Waals surface area contributed by atoms with Gasteiger partial charge >= 0.3 is 6.18 Å². The first-order valence-electron chi connectivity index (χ1n) is 11.2. The lowest BCUT2D eigenvalue weighted by atomic mass is 10.0. The number of amides is 1. The molecule has 1 atom stereocenters. The Morgan fingerprint density at radius 1 is 1.14 bits per heavy atom. The smallest absolute Gasteiger partial charge is 0.405 e. The zero-order valence-electron chi connectivity index (χ0n) is 19.6. The number of rotatable bonds is 9. The highest BCUT2D eigenvalue weighted by Gasteiger charge is 2.30. The molecule has 3 N–H and O–H groups in total. The number of nitrogens with one attached hydrogen (secondary N) is 3. The SMILES string of the molecule is CC(C)C(Nc1cncc(-c2c[nH]c3ncc(OCc4cccnc4)cc23)c1)C(=O)NCC(F)(F)F. The van der Waals surface area contributed by atoms with Crippen LogP contribution in [-0.2, 0) is 11.4 Å². The highest BCUT2D eigenvalue weighted by Crippen LogP contribution is 2.31. The molecule has 36 heavy (non-hydrogen) atoms. The summed E-state index contributed by atoms with van der Waals surface area (Å²) in [7, 11) is 0. The molecular formula is C25H25F3N6O2. The van der Waals surface area contributed by atoms with Crippen LogP contribution in [0.3, 0.4) is 0 Å². The number of ether oxygens (including phenoxy) is 1. The first-order chi connectivity index (χ1) is 17.2. The molecule has 1 amide bonds. The molecule has 0 fully saturated rings. The number of anilines is 1. The van der Waals surface area contributed by atoms with Gasteiger partial charge in [0.1, 0.15) is 30.6 Å². The number of hydrogen-bond donors (Lipinski definition) is 3. The maximum absolute atomic E-state index is 12.5. The van der Waals surface area contributed by atoms with Gasteiger partial charge in [-0.05, 0) is 24.1 Å². The van der Waals surface area contributed by atoms with Crippen LogP contribution in [-0.4, -0.2) is 44.6 Å². The van der Waals surface area contributed by atoms with E-state index in [0.717, 1.165) is 22.1 Å². The molecule has 1 unspecified atom stereocenters. The normalized spacial score (nSPS) is 12.5. The Kier molecular flexibility index (Phi) is 7.37. The molecule has 4 heterocycles. The fourth-order valence-corrected chi connectivity index (χ4v) is 3.63. The minimum Gasteiger partial charge on any atom is -0.487 e. The van der Waals surface area contributed by atoms with Crippen molar-refractivity contribution in [2.24, 2.45) is 5.92 Å². The summed E-state index contributed by atoms with van der Waals surface area (Å²) in [4.78, 5) is 28.3. The third-order valence-corrected chi connectivity index (χ3v) is 5.42. The molecule has 188 valence electrons. The molecule has 4 aromatic heterocycles. The molecule has 0 aromatic carbocycles. The van der Waals surface area contributed by atoms with Crippen molar-refractivity contribution < 1.29 is 22.7 Å². The lowest BCUT2D eigenvalue weighted by Gasteiger charge is -2.23. The molecular weight excluding hydrogens is 473 g/mol. The zero-order chi connectivity index (χ0) is 25.7. The van der Waals surface area contributed by atoms with Crippen molar-refractivity contribution in [3.63, 3.8) is 0 Å². The lowest BCUT2D eigenvalue weighted by molar-refractivity contribution is -0.139. The van der Waals surface area contributed by atoms with Gasteiger partial charge in [0.2, 0.25) is 5.91 Å². The average molecular weight is 499 g/mol. The summed E-state index contributed by atoms with van der Waals surface area (Å²) in [5, 5.41) is 5.77. The number of fused-ring (bicyclic) bond motifs is 1. The van der Waals surface area contributed by atoms with E-state index in [1.807, 2.05) is 23.5 Å². The van der Waals surface area contributed by atoms with Crippen LogP contribution in [0, 0.1) is 5.92 Å². The number of pyridine rings is 3. The van der Waals surface area contributed by atoms with E-state index in [1.54, 1.807) is 50.9 Å². The summed E-state index contributed by atoms with van der Waals surface area (Å²) in [6, 6.07) is 6.53. The number of nitrogens with zero attached hydrogens (tertiary/aromatic N) is 3. The topological polar surface area (TPSA) is 105 Å². The van der Waals surface area contributed by atoms with Gasteiger partial charge in [-0.1, -0.05) is 19.9 Å². The van der Waals surface area contributed by atoms with Gasteiger partial charge in [-0.15, -0.1) is 0 Å². The van der Waals surface area contributed by atoms with Gasteiger partial charge < -0.3 is 20.4 Å². The van der Waals surface area contributed by atoms with Crippen LogP contribution in [0.25, 0.3) is 22.2 Å². The van der Waals surface area contributed by atoms with Crippen molar-refractivity contribution >= 4 is 22.6 Å². The number of aromatic nitrogens is 4. The summed E-state index contributed by atoms with van der Waals surface area (Å²) in [5.41, 5.74) is 3.62. The summed E-state index contributed by atoms with van der Waals surface area (Å²) < 4.78 is 43.5.